The number of hydrogen-bond acceptors (Lipinski definition) is 0. The molecule has 0 nitrogen and oxygen atoms in total. The molecule has 0 saturated heterocycles. The van der Waals surface area contributed by atoms with E-state index in [2.05, 4.69) is 0 Å². The van der Waals surface area contributed by atoms with Crippen molar-refractivity contribution < 1.29 is 73.8 Å². The minimum atomic E-state index is -4.78. The first-order chi connectivity index (χ1) is 12.4. The number of hydrogen-bond donors (Lipinski definition) is 0. The van der Waals surface area contributed by atoms with Gasteiger partial charge in [-0.3, -0.25) is 0 Å². The van der Waals surface area contributed by atoms with E-state index < -0.39 is 47.0 Å². The summed E-state index contributed by atoms with van der Waals surface area (Å²) in [5.41, 5.74) is -5.42. The van der Waals surface area contributed by atoms with Crippen molar-refractivity contribution in [2.75, 3.05) is 0 Å². The van der Waals surface area contributed by atoms with Crippen molar-refractivity contribution in [3.05, 3.63) is 70.8 Å². The van der Waals surface area contributed by atoms with Crippen LogP contribution in [-0.4, -0.2) is 0 Å². The average molecular weight is 621 g/mol. The van der Waals surface area contributed by atoms with Gasteiger partial charge in [0, 0.05) is 0 Å². The van der Waals surface area contributed by atoms with Gasteiger partial charge in [0.25, 0.3) is 0 Å². The zero-order chi connectivity index (χ0) is 22.0. The minimum absolute atomic E-state index is 0. The van der Waals surface area contributed by atoms with Crippen LogP contribution in [0.25, 0.3) is 0 Å². The second-order valence-electron chi connectivity index (χ2n) is 5.01. The fourth-order valence-corrected chi connectivity index (χ4v) is 1.60. The van der Waals surface area contributed by atoms with E-state index in [0.29, 0.717) is 24.3 Å². The topological polar surface area (TPSA) is 0 Å². The van der Waals surface area contributed by atoms with Crippen molar-refractivity contribution in [2.45, 2.75) is 24.7 Å². The smallest absolute Gasteiger partial charge is 0.183 e. The molecule has 0 spiro atoms. The predicted octanol–water partition coefficient (Wildman–Crippen LogP) is 7.05. The van der Waals surface area contributed by atoms with Crippen LogP contribution in [-0.2, 0) is 45.8 Å². The summed E-state index contributed by atoms with van der Waals surface area (Å²) in [6.07, 6.45) is -19.1. The molecule has 164 valence electrons. The molecule has 0 aliphatic carbocycles. The van der Waals surface area contributed by atoms with Crippen LogP contribution >= 0.6 is 0 Å². The second kappa shape index (κ2) is 9.40. The molecule has 13 heteroatoms. The van der Waals surface area contributed by atoms with Crippen LogP contribution in [0.2, 0.25) is 0 Å². The Morgan fingerprint density at radius 2 is 0.586 bits per heavy atom. The first kappa shape index (κ1) is 27.3. The van der Waals surface area contributed by atoms with Crippen LogP contribution in [0.4, 0.5) is 52.7 Å². The molecule has 29 heavy (non-hydrogen) atoms. The van der Waals surface area contributed by atoms with Crippen LogP contribution in [0.5, 0.6) is 0 Å². The Labute approximate surface area is 169 Å². The van der Waals surface area contributed by atoms with Crippen LogP contribution in [0, 0.1) is 12.1 Å². The van der Waals surface area contributed by atoms with Gasteiger partial charge in [0.15, 0.2) is 0 Å². The fourth-order valence-electron chi connectivity index (χ4n) is 1.60. The van der Waals surface area contributed by atoms with Crippen LogP contribution in [0.1, 0.15) is 22.3 Å². The first-order valence-electron chi connectivity index (χ1n) is 6.73. The van der Waals surface area contributed by atoms with Gasteiger partial charge >= 0.3 is 45.8 Å². The van der Waals surface area contributed by atoms with Crippen LogP contribution in [0.15, 0.2) is 36.4 Å². The molecule has 0 amide bonds. The third-order valence-corrected chi connectivity index (χ3v) is 2.89. The van der Waals surface area contributed by atoms with Gasteiger partial charge in [0.2, 0.25) is 0 Å². The van der Waals surface area contributed by atoms with Crippen molar-refractivity contribution in [2.24, 2.45) is 0 Å². The molecular weight excluding hydrogens is 615 g/mol. The van der Waals surface area contributed by atoms with Gasteiger partial charge in [0.1, 0.15) is 0 Å². The van der Waals surface area contributed by atoms with Gasteiger partial charge in [-0.05, 0) is 0 Å². The van der Waals surface area contributed by atoms with Gasteiger partial charge in [-0.2, -0.15) is 89.1 Å². The molecule has 0 bridgehead atoms. The minimum Gasteiger partial charge on any atom is -0.183 e. The first-order valence-corrected chi connectivity index (χ1v) is 6.73. The summed E-state index contributed by atoms with van der Waals surface area (Å²) >= 11 is 0. The van der Waals surface area contributed by atoms with Gasteiger partial charge in [0.05, 0.1) is 0 Å². The van der Waals surface area contributed by atoms with E-state index in [1.54, 1.807) is 12.1 Å². The maximum absolute atomic E-state index is 12.0. The van der Waals surface area contributed by atoms with E-state index >= 15 is 0 Å². The summed E-state index contributed by atoms with van der Waals surface area (Å²) in [4.78, 5) is 0. The molecule has 0 saturated carbocycles. The molecule has 0 aliphatic rings. The molecular formula is C16H6F12Pt. The Balaban J connectivity index is 0.000000523. The summed E-state index contributed by atoms with van der Waals surface area (Å²) in [6, 6.07) is 5.58. The zero-order valence-corrected chi connectivity index (χ0v) is 15.6. The number of benzene rings is 2. The zero-order valence-electron chi connectivity index (χ0n) is 13.3. The Kier molecular flexibility index (Phi) is 8.85. The monoisotopic (exact) mass is 621 g/mol. The number of halogens is 12. The fraction of sp³-hybridized carbons (Fsp3) is 0.250. The van der Waals surface area contributed by atoms with E-state index in [1.165, 1.54) is 0 Å². The molecule has 2 rings (SSSR count). The van der Waals surface area contributed by atoms with E-state index in [0.717, 1.165) is 0 Å². The maximum Gasteiger partial charge on any atom is 2.00 e. The normalized spacial score (nSPS) is 12.6. The third-order valence-electron chi connectivity index (χ3n) is 2.89. The summed E-state index contributed by atoms with van der Waals surface area (Å²) in [6.45, 7) is 0. The Bertz CT molecular complexity index is 658. The van der Waals surface area contributed by atoms with E-state index in [-0.39, 0.29) is 33.2 Å². The SMILES string of the molecule is FC(F)(F)c1c[c-]cc(C(F)(F)F)c1.FC(F)(F)c1c[c-]cc(C(F)(F)F)c1.[Pt+2]. The largest absolute Gasteiger partial charge is 2.00 e. The van der Waals surface area contributed by atoms with Gasteiger partial charge in [-0.15, -0.1) is 12.1 Å². The Morgan fingerprint density at radius 1 is 0.414 bits per heavy atom. The average Bonchev–Trinajstić information content (AvgIpc) is 2.52. The molecule has 0 radical (unpaired) electrons. The molecule has 0 aliphatic heterocycles. The predicted molar refractivity (Wildman–Crippen MR) is 70.6 cm³/mol. The molecule has 0 heterocycles. The van der Waals surface area contributed by atoms with Crippen molar-refractivity contribution in [1.82, 2.24) is 0 Å². The molecule has 0 N–H and O–H groups in total. The van der Waals surface area contributed by atoms with Crippen molar-refractivity contribution in [3.8, 4) is 0 Å². The maximum atomic E-state index is 12.0. The van der Waals surface area contributed by atoms with Gasteiger partial charge < -0.3 is 0 Å². The van der Waals surface area contributed by atoms with Crippen molar-refractivity contribution >= 4 is 0 Å². The second-order valence-corrected chi connectivity index (χ2v) is 5.01. The van der Waals surface area contributed by atoms with E-state index in [9.17, 15) is 52.7 Å². The van der Waals surface area contributed by atoms with Crippen LogP contribution in [0.3, 0.4) is 0 Å². The molecule has 0 unspecified atom stereocenters. The number of alkyl halides is 12. The summed E-state index contributed by atoms with van der Waals surface area (Å²) in [5.74, 6) is 0. The van der Waals surface area contributed by atoms with Gasteiger partial charge in [-0.25, -0.2) is 0 Å². The van der Waals surface area contributed by atoms with E-state index in [4.69, 9.17) is 0 Å². The standard InChI is InChI=1S/2C8H3F6.Pt/c2*9-7(10,11)5-2-1-3-6(4-5)8(12,13)14;/h2*2-4H;/q2*-1;+2. The molecule has 0 atom stereocenters. The quantitative estimate of drug-likeness (QED) is 0.219. The summed E-state index contributed by atoms with van der Waals surface area (Å²) in [7, 11) is 0. The Morgan fingerprint density at radius 3 is 0.724 bits per heavy atom. The van der Waals surface area contributed by atoms with Crippen LogP contribution < -0.4 is 0 Å². The molecule has 0 aromatic heterocycles. The third kappa shape index (κ3) is 8.67. The Hall–Kier alpha value is -1.71. The van der Waals surface area contributed by atoms with E-state index in [1.807, 2.05) is 0 Å². The molecule has 2 aromatic rings. The number of rotatable bonds is 0. The molecule has 2 aromatic carbocycles. The molecule has 0 fully saturated rings. The van der Waals surface area contributed by atoms with Gasteiger partial charge in [-0.1, -0.05) is 22.3 Å². The summed E-state index contributed by atoms with van der Waals surface area (Å²) < 4.78 is 144. The van der Waals surface area contributed by atoms with Crippen molar-refractivity contribution in [1.29, 1.82) is 0 Å². The van der Waals surface area contributed by atoms with Crippen molar-refractivity contribution in [3.63, 3.8) is 0 Å². The summed E-state index contributed by atoms with van der Waals surface area (Å²) in [5, 5.41) is 0.